The van der Waals surface area contributed by atoms with Gasteiger partial charge < -0.3 is 10.4 Å². The molecule has 0 bridgehead atoms. The molecule has 2 rings (SSSR count). The number of carboxylic acid groups (broad SMARTS) is 1. The van der Waals surface area contributed by atoms with Gasteiger partial charge in [-0.1, -0.05) is 48.0 Å². The summed E-state index contributed by atoms with van der Waals surface area (Å²) in [7, 11) is 1.34. The lowest BCUT2D eigenvalue weighted by molar-refractivity contribution is -0.132. The van der Waals surface area contributed by atoms with E-state index in [2.05, 4.69) is 17.0 Å². The molecule has 0 saturated heterocycles. The van der Waals surface area contributed by atoms with E-state index in [-0.39, 0.29) is 29.8 Å². The molecule has 2 aromatic rings. The minimum absolute atomic E-state index is 0.0497. The molecule has 0 spiro atoms. The van der Waals surface area contributed by atoms with E-state index in [4.69, 9.17) is 28.3 Å². The van der Waals surface area contributed by atoms with Crippen LogP contribution in [0.5, 0.6) is 0 Å². The van der Waals surface area contributed by atoms with Gasteiger partial charge in [0.2, 0.25) is 0 Å². The van der Waals surface area contributed by atoms with E-state index in [1.807, 2.05) is 0 Å². The molecule has 1 aromatic carbocycles. The van der Waals surface area contributed by atoms with Crippen molar-refractivity contribution in [3.05, 3.63) is 86.7 Å². The number of aryl methyl sites for hydroxylation is 1. The third-order valence-electron chi connectivity index (χ3n) is 4.49. The van der Waals surface area contributed by atoms with E-state index >= 15 is 0 Å². The summed E-state index contributed by atoms with van der Waals surface area (Å²) in [6, 6.07) is 4.82. The summed E-state index contributed by atoms with van der Waals surface area (Å²) in [6.07, 6.45) is 1.33. The van der Waals surface area contributed by atoms with E-state index in [1.165, 1.54) is 25.3 Å². The van der Waals surface area contributed by atoms with E-state index in [9.17, 15) is 18.4 Å². The molecule has 0 atom stereocenters. The number of carbonyl (C=O) groups is 2. The van der Waals surface area contributed by atoms with Crippen LogP contribution in [-0.4, -0.2) is 33.3 Å². The highest BCUT2D eigenvalue weighted by atomic mass is 35.5. The molecule has 0 unspecified atom stereocenters. The number of hydrogen-bond acceptors (Lipinski definition) is 3. The highest BCUT2D eigenvalue weighted by Gasteiger charge is 2.28. The first-order valence-electron chi connectivity index (χ1n) is 9.36. The maximum Gasteiger partial charge on any atom is 0.335 e. The Labute approximate surface area is 193 Å². The molecule has 0 fully saturated rings. The molecule has 1 heterocycles. The minimum Gasteiger partial charge on any atom is -0.478 e. The number of amides is 1. The summed E-state index contributed by atoms with van der Waals surface area (Å²) in [5.74, 6) is -1.85. The van der Waals surface area contributed by atoms with Crippen molar-refractivity contribution >= 4 is 35.1 Å². The minimum atomic E-state index is -2.92. The largest absolute Gasteiger partial charge is 0.478 e. The van der Waals surface area contributed by atoms with Crippen LogP contribution in [0.2, 0.25) is 10.0 Å². The van der Waals surface area contributed by atoms with Gasteiger partial charge >= 0.3 is 5.97 Å². The standard InChI is InChI=1S/C22H21Cl2F2N3O3/c1-4-14(22(31)32)7-5-12(2)11-27-21(30)18-17(28-29(3)19(18)20(25)26)10-13-6-8-15(23)16(24)9-13/h4-9,20H,2,10-11H2,1,3H3,(H,27,30)(H,31,32). The predicted octanol–water partition coefficient (Wildman–Crippen LogP) is 5.13. The number of carboxylic acids is 1. The van der Waals surface area contributed by atoms with Crippen LogP contribution >= 0.6 is 23.2 Å². The van der Waals surface area contributed by atoms with Crippen molar-refractivity contribution in [1.29, 1.82) is 0 Å². The van der Waals surface area contributed by atoms with Gasteiger partial charge in [-0.25, -0.2) is 13.6 Å². The van der Waals surface area contributed by atoms with Crippen LogP contribution in [0, 0.1) is 0 Å². The molecule has 0 aliphatic heterocycles. The summed E-state index contributed by atoms with van der Waals surface area (Å²) in [6.45, 7) is 5.24. The first kappa shape index (κ1) is 25.3. The number of halogens is 4. The van der Waals surface area contributed by atoms with Crippen molar-refractivity contribution in [1.82, 2.24) is 15.1 Å². The van der Waals surface area contributed by atoms with Crippen molar-refractivity contribution in [2.24, 2.45) is 7.05 Å². The molecular weight excluding hydrogens is 463 g/mol. The molecule has 1 aromatic heterocycles. The van der Waals surface area contributed by atoms with E-state index in [1.54, 1.807) is 25.1 Å². The molecule has 0 aliphatic carbocycles. The summed E-state index contributed by atoms with van der Waals surface area (Å²) in [5, 5.41) is 16.3. The SMILES string of the molecule is C=C(C=CC(=CC)C(=O)O)CNC(=O)c1c(Cc2ccc(Cl)c(Cl)c2)nn(C)c1C(F)F. The number of rotatable bonds is 9. The van der Waals surface area contributed by atoms with Crippen LogP contribution in [-0.2, 0) is 18.3 Å². The zero-order valence-electron chi connectivity index (χ0n) is 17.3. The normalized spacial score (nSPS) is 11.9. The molecule has 10 heteroatoms. The summed E-state index contributed by atoms with van der Waals surface area (Å²) >= 11 is 11.9. The van der Waals surface area contributed by atoms with Crippen molar-refractivity contribution in [2.45, 2.75) is 19.8 Å². The van der Waals surface area contributed by atoms with E-state index in [0.717, 1.165) is 4.68 Å². The van der Waals surface area contributed by atoms with Crippen molar-refractivity contribution < 1.29 is 23.5 Å². The number of alkyl halides is 2. The molecular formula is C22H21Cl2F2N3O3. The second-order valence-electron chi connectivity index (χ2n) is 6.78. The molecule has 32 heavy (non-hydrogen) atoms. The average Bonchev–Trinajstić information content (AvgIpc) is 3.05. The first-order chi connectivity index (χ1) is 15.0. The topological polar surface area (TPSA) is 84.2 Å². The molecule has 1 amide bonds. The van der Waals surface area contributed by atoms with Crippen molar-refractivity contribution in [2.75, 3.05) is 6.54 Å². The van der Waals surface area contributed by atoms with Gasteiger partial charge in [-0.2, -0.15) is 5.10 Å². The number of aliphatic carboxylic acids is 1. The number of nitrogens with zero attached hydrogens (tertiary/aromatic N) is 2. The van der Waals surface area contributed by atoms with E-state index < -0.39 is 24.0 Å². The summed E-state index contributed by atoms with van der Waals surface area (Å²) in [5.41, 5.74) is 0.487. The summed E-state index contributed by atoms with van der Waals surface area (Å²) < 4.78 is 28.3. The van der Waals surface area contributed by atoms with Crippen LogP contribution < -0.4 is 5.32 Å². The van der Waals surface area contributed by atoms with Gasteiger partial charge in [0.25, 0.3) is 12.3 Å². The Kier molecular flexibility index (Phi) is 8.74. The lowest BCUT2D eigenvalue weighted by Crippen LogP contribution is -2.27. The number of benzene rings is 1. The smallest absolute Gasteiger partial charge is 0.335 e. The number of aromatic nitrogens is 2. The average molecular weight is 484 g/mol. The Morgan fingerprint density at radius 1 is 1.28 bits per heavy atom. The predicted molar refractivity (Wildman–Crippen MR) is 119 cm³/mol. The lowest BCUT2D eigenvalue weighted by atomic mass is 10.0. The maximum absolute atomic E-state index is 13.7. The molecule has 2 N–H and O–H groups in total. The highest BCUT2D eigenvalue weighted by molar-refractivity contribution is 6.42. The fourth-order valence-corrected chi connectivity index (χ4v) is 3.22. The fourth-order valence-electron chi connectivity index (χ4n) is 2.90. The highest BCUT2D eigenvalue weighted by Crippen LogP contribution is 2.28. The third kappa shape index (κ3) is 6.27. The van der Waals surface area contributed by atoms with Crippen LogP contribution in [0.1, 0.15) is 40.7 Å². The number of carbonyl (C=O) groups excluding carboxylic acids is 1. The Morgan fingerprint density at radius 2 is 1.97 bits per heavy atom. The number of allylic oxidation sites excluding steroid dienone is 1. The Hall–Kier alpha value is -2.97. The number of nitrogens with one attached hydrogen (secondary N) is 1. The second kappa shape index (κ2) is 11.1. The zero-order valence-corrected chi connectivity index (χ0v) is 18.8. The van der Waals surface area contributed by atoms with Gasteiger partial charge in [-0.15, -0.1) is 0 Å². The Bertz CT molecular complexity index is 1110. The van der Waals surface area contributed by atoms with Gasteiger partial charge in [0.1, 0.15) is 5.69 Å². The van der Waals surface area contributed by atoms with Gasteiger partial charge in [-0.05, 0) is 36.3 Å². The van der Waals surface area contributed by atoms with Gasteiger partial charge in [0, 0.05) is 20.0 Å². The molecule has 6 nitrogen and oxygen atoms in total. The molecule has 0 saturated carbocycles. The molecule has 0 aliphatic rings. The monoisotopic (exact) mass is 483 g/mol. The lowest BCUT2D eigenvalue weighted by Gasteiger charge is -2.09. The summed E-state index contributed by atoms with van der Waals surface area (Å²) in [4.78, 5) is 23.8. The van der Waals surface area contributed by atoms with E-state index in [0.29, 0.717) is 21.2 Å². The Balaban J connectivity index is 2.25. The van der Waals surface area contributed by atoms with Gasteiger partial charge in [0.15, 0.2) is 0 Å². The van der Waals surface area contributed by atoms with Crippen molar-refractivity contribution in [3.63, 3.8) is 0 Å². The van der Waals surface area contributed by atoms with Crippen LogP contribution in [0.25, 0.3) is 0 Å². The second-order valence-corrected chi connectivity index (χ2v) is 7.59. The zero-order chi connectivity index (χ0) is 24.0. The Morgan fingerprint density at radius 3 is 2.53 bits per heavy atom. The first-order valence-corrected chi connectivity index (χ1v) is 10.1. The van der Waals surface area contributed by atoms with Crippen LogP contribution in [0.4, 0.5) is 8.78 Å². The third-order valence-corrected chi connectivity index (χ3v) is 5.22. The number of hydrogen-bond donors (Lipinski definition) is 2. The fraction of sp³-hybridized carbons (Fsp3) is 0.227. The van der Waals surface area contributed by atoms with Crippen molar-refractivity contribution in [3.8, 4) is 0 Å². The van der Waals surface area contributed by atoms with Crippen LogP contribution in [0.3, 0.4) is 0 Å². The van der Waals surface area contributed by atoms with Gasteiger partial charge in [0.05, 0.1) is 26.9 Å². The molecule has 0 radical (unpaired) electrons. The van der Waals surface area contributed by atoms with Crippen LogP contribution in [0.15, 0.2) is 54.2 Å². The van der Waals surface area contributed by atoms with Gasteiger partial charge in [-0.3, -0.25) is 9.48 Å². The quantitative estimate of drug-likeness (QED) is 0.382. The maximum atomic E-state index is 13.7. The molecule has 170 valence electrons.